The van der Waals surface area contributed by atoms with Crippen molar-refractivity contribution in [3.8, 4) is 0 Å². The van der Waals surface area contributed by atoms with Crippen molar-refractivity contribution in [2.45, 2.75) is 19.4 Å². The molecule has 0 atom stereocenters. The number of nitrogens with two attached hydrogens (primary N) is 1. The molecule has 0 aliphatic heterocycles. The lowest BCUT2D eigenvalue weighted by molar-refractivity contribution is 0.139. The van der Waals surface area contributed by atoms with Gasteiger partial charge in [-0.25, -0.2) is 0 Å². The number of rotatable bonds is 8. The van der Waals surface area contributed by atoms with E-state index in [4.69, 9.17) is 10.5 Å². The molecule has 1 aromatic rings. The molecule has 0 spiro atoms. The van der Waals surface area contributed by atoms with Crippen LogP contribution >= 0.6 is 0 Å². The van der Waals surface area contributed by atoms with E-state index in [9.17, 15) is 0 Å². The monoisotopic (exact) mass is 236 g/mol. The predicted molar refractivity (Wildman–Crippen MR) is 72.0 cm³/mol. The molecule has 0 amide bonds. The molecule has 2 N–H and O–H groups in total. The Morgan fingerprint density at radius 1 is 1.18 bits per heavy atom. The molecule has 0 aliphatic rings. The quantitative estimate of drug-likeness (QED) is 0.698. The van der Waals surface area contributed by atoms with Crippen molar-refractivity contribution in [3.05, 3.63) is 35.4 Å². The summed E-state index contributed by atoms with van der Waals surface area (Å²) >= 11 is 0. The van der Waals surface area contributed by atoms with E-state index in [1.165, 1.54) is 11.1 Å². The lowest BCUT2D eigenvalue weighted by atomic mass is 10.1. The van der Waals surface area contributed by atoms with Crippen molar-refractivity contribution in [1.82, 2.24) is 4.90 Å². The highest BCUT2D eigenvalue weighted by molar-refractivity contribution is 5.23. The average molecular weight is 236 g/mol. The molecule has 0 aromatic heterocycles. The van der Waals surface area contributed by atoms with E-state index >= 15 is 0 Å². The van der Waals surface area contributed by atoms with Crippen LogP contribution in [-0.2, 0) is 17.7 Å². The van der Waals surface area contributed by atoms with E-state index < -0.39 is 0 Å². The highest BCUT2D eigenvalue weighted by Gasteiger charge is 1.98. The molecule has 1 aromatic carbocycles. The second kappa shape index (κ2) is 8.23. The molecule has 0 fully saturated rings. The largest absolute Gasteiger partial charge is 0.380 e. The Kier molecular flexibility index (Phi) is 6.86. The van der Waals surface area contributed by atoms with Crippen LogP contribution in [0.25, 0.3) is 0 Å². The zero-order chi connectivity index (χ0) is 12.5. The van der Waals surface area contributed by atoms with Gasteiger partial charge in [-0.1, -0.05) is 24.3 Å². The zero-order valence-corrected chi connectivity index (χ0v) is 11.0. The zero-order valence-electron chi connectivity index (χ0n) is 11.0. The van der Waals surface area contributed by atoms with Crippen molar-refractivity contribution in [1.29, 1.82) is 0 Å². The van der Waals surface area contributed by atoms with E-state index in [2.05, 4.69) is 43.3 Å². The summed E-state index contributed by atoms with van der Waals surface area (Å²) in [5.41, 5.74) is 8.12. The van der Waals surface area contributed by atoms with Crippen LogP contribution in [-0.4, -0.2) is 38.8 Å². The predicted octanol–water partition coefficient (Wildman–Crippen LogP) is 1.66. The Morgan fingerprint density at radius 2 is 1.94 bits per heavy atom. The first-order chi connectivity index (χ1) is 8.22. The molecular weight excluding hydrogens is 212 g/mol. The van der Waals surface area contributed by atoms with E-state index in [1.807, 2.05) is 0 Å². The minimum atomic E-state index is 0.609. The van der Waals surface area contributed by atoms with E-state index in [1.54, 1.807) is 0 Å². The van der Waals surface area contributed by atoms with Gasteiger partial charge in [0.05, 0.1) is 6.61 Å². The van der Waals surface area contributed by atoms with Gasteiger partial charge >= 0.3 is 0 Å². The normalized spacial score (nSPS) is 11.1. The Balaban J connectivity index is 2.32. The van der Waals surface area contributed by atoms with Gasteiger partial charge in [0.1, 0.15) is 0 Å². The fourth-order valence-electron chi connectivity index (χ4n) is 1.81. The van der Waals surface area contributed by atoms with E-state index in [0.717, 1.165) is 26.0 Å². The maximum absolute atomic E-state index is 5.37. The highest BCUT2D eigenvalue weighted by atomic mass is 16.5. The van der Waals surface area contributed by atoms with Gasteiger partial charge in [-0.05, 0) is 38.1 Å². The minimum Gasteiger partial charge on any atom is -0.380 e. The number of benzene rings is 1. The first kappa shape index (κ1) is 14.2. The Bertz CT molecular complexity index is 313. The second-order valence-corrected chi connectivity index (χ2v) is 4.56. The maximum Gasteiger partial charge on any atom is 0.0588 e. The van der Waals surface area contributed by atoms with Crippen LogP contribution in [0, 0.1) is 0 Å². The van der Waals surface area contributed by atoms with Gasteiger partial charge in [-0.2, -0.15) is 0 Å². The van der Waals surface area contributed by atoms with Crippen molar-refractivity contribution in [2.24, 2.45) is 5.73 Å². The summed E-state index contributed by atoms with van der Waals surface area (Å²) < 4.78 is 5.37. The van der Waals surface area contributed by atoms with Crippen LogP contribution < -0.4 is 5.73 Å². The topological polar surface area (TPSA) is 38.5 Å². The van der Waals surface area contributed by atoms with Crippen LogP contribution in [0.5, 0.6) is 0 Å². The molecule has 1 rings (SSSR count). The Morgan fingerprint density at radius 3 is 2.65 bits per heavy atom. The summed E-state index contributed by atoms with van der Waals surface area (Å²) in [7, 11) is 4.18. The first-order valence-electron chi connectivity index (χ1n) is 6.22. The third-order valence-electron chi connectivity index (χ3n) is 2.51. The van der Waals surface area contributed by atoms with Gasteiger partial charge in [-0.3, -0.25) is 0 Å². The third kappa shape index (κ3) is 6.41. The molecule has 3 nitrogen and oxygen atoms in total. The van der Waals surface area contributed by atoms with Gasteiger partial charge < -0.3 is 15.4 Å². The maximum atomic E-state index is 5.37. The summed E-state index contributed by atoms with van der Waals surface area (Å²) in [6, 6.07) is 8.77. The van der Waals surface area contributed by atoms with E-state index in [0.29, 0.717) is 13.2 Å². The second-order valence-electron chi connectivity index (χ2n) is 4.56. The third-order valence-corrected chi connectivity index (χ3v) is 2.51. The summed E-state index contributed by atoms with van der Waals surface area (Å²) in [4.78, 5) is 2.18. The number of ether oxygens (including phenoxy) is 1. The number of hydrogen-bond donors (Lipinski definition) is 1. The summed E-state index contributed by atoms with van der Waals surface area (Å²) in [5.74, 6) is 0. The number of nitrogens with zero attached hydrogens (tertiary/aromatic N) is 1. The smallest absolute Gasteiger partial charge is 0.0588 e. The van der Waals surface area contributed by atoms with Crippen LogP contribution in [0.4, 0.5) is 0 Å². The molecular formula is C14H24N2O. The molecule has 0 saturated carbocycles. The summed E-state index contributed by atoms with van der Waals surface area (Å²) in [6.45, 7) is 3.08. The van der Waals surface area contributed by atoms with Crippen LogP contribution in [0.15, 0.2) is 24.3 Å². The summed E-state index contributed by atoms with van der Waals surface area (Å²) in [6.07, 6.45) is 2.14. The number of aryl methyl sites for hydroxylation is 1. The minimum absolute atomic E-state index is 0.609. The van der Waals surface area contributed by atoms with Crippen molar-refractivity contribution < 1.29 is 4.74 Å². The van der Waals surface area contributed by atoms with Crippen molar-refractivity contribution in [3.63, 3.8) is 0 Å². The fraction of sp³-hybridized carbons (Fsp3) is 0.571. The van der Waals surface area contributed by atoms with Gasteiger partial charge in [-0.15, -0.1) is 0 Å². The van der Waals surface area contributed by atoms with Crippen molar-refractivity contribution in [2.75, 3.05) is 33.9 Å². The summed E-state index contributed by atoms with van der Waals surface area (Å²) in [5, 5.41) is 0. The molecule has 0 heterocycles. The van der Waals surface area contributed by atoms with Crippen LogP contribution in [0.1, 0.15) is 17.5 Å². The molecule has 3 heteroatoms. The SMILES string of the molecule is CN(C)Cc1cccc(CCCOCCN)c1. The van der Waals surface area contributed by atoms with Crippen molar-refractivity contribution >= 4 is 0 Å². The molecule has 17 heavy (non-hydrogen) atoms. The molecule has 0 aliphatic carbocycles. The van der Waals surface area contributed by atoms with Gasteiger partial charge in [0, 0.05) is 19.7 Å². The standard InChI is InChI=1S/C14H24N2O/c1-16(2)12-14-6-3-5-13(11-14)7-4-9-17-10-8-15/h3,5-6,11H,4,7-10,12,15H2,1-2H3. The highest BCUT2D eigenvalue weighted by Crippen LogP contribution is 2.09. The molecule has 0 unspecified atom stereocenters. The number of hydrogen-bond acceptors (Lipinski definition) is 3. The van der Waals surface area contributed by atoms with Crippen LogP contribution in [0.2, 0.25) is 0 Å². The van der Waals surface area contributed by atoms with Gasteiger partial charge in [0.2, 0.25) is 0 Å². The lowest BCUT2D eigenvalue weighted by Crippen LogP contribution is -2.11. The Hall–Kier alpha value is -0.900. The van der Waals surface area contributed by atoms with Gasteiger partial charge in [0.15, 0.2) is 0 Å². The van der Waals surface area contributed by atoms with Crippen LogP contribution in [0.3, 0.4) is 0 Å². The molecule has 96 valence electrons. The first-order valence-corrected chi connectivity index (χ1v) is 6.22. The molecule has 0 saturated heterocycles. The Labute approximate surface area is 105 Å². The average Bonchev–Trinajstić information content (AvgIpc) is 2.28. The molecule has 0 bridgehead atoms. The lowest BCUT2D eigenvalue weighted by Gasteiger charge is -2.11. The fourth-order valence-corrected chi connectivity index (χ4v) is 1.81. The molecule has 0 radical (unpaired) electrons. The van der Waals surface area contributed by atoms with Gasteiger partial charge in [0.25, 0.3) is 0 Å². The van der Waals surface area contributed by atoms with E-state index in [-0.39, 0.29) is 0 Å².